The summed E-state index contributed by atoms with van der Waals surface area (Å²) in [5.41, 5.74) is 1.57. The number of nitro groups is 1. The summed E-state index contributed by atoms with van der Waals surface area (Å²) in [4.78, 5) is 21.9. The fourth-order valence-corrected chi connectivity index (χ4v) is 2.14. The molecule has 1 atom stereocenters. The summed E-state index contributed by atoms with van der Waals surface area (Å²) in [6.07, 6.45) is 0.0913. The molecule has 0 saturated carbocycles. The molecule has 0 aliphatic heterocycles. The van der Waals surface area contributed by atoms with Crippen molar-refractivity contribution in [3.05, 3.63) is 75.8 Å². The predicted molar refractivity (Wildman–Crippen MR) is 85.8 cm³/mol. The fraction of sp³-hybridized carbons (Fsp3) is 0.235. The average molecular weight is 314 g/mol. The van der Waals surface area contributed by atoms with Crippen molar-refractivity contribution in [1.82, 2.24) is 5.32 Å². The van der Waals surface area contributed by atoms with E-state index in [2.05, 4.69) is 5.32 Å². The third-order valence-corrected chi connectivity index (χ3v) is 3.46. The van der Waals surface area contributed by atoms with Gasteiger partial charge in [-0.15, -0.1) is 0 Å². The molecule has 0 aliphatic carbocycles. The lowest BCUT2D eigenvalue weighted by atomic mass is 10.1. The van der Waals surface area contributed by atoms with E-state index in [1.807, 2.05) is 30.3 Å². The van der Waals surface area contributed by atoms with E-state index in [1.165, 1.54) is 24.3 Å². The lowest BCUT2D eigenvalue weighted by Gasteiger charge is -2.12. The first-order valence-corrected chi connectivity index (χ1v) is 7.29. The zero-order chi connectivity index (χ0) is 16.7. The van der Waals surface area contributed by atoms with Gasteiger partial charge in [0.05, 0.1) is 11.0 Å². The van der Waals surface area contributed by atoms with E-state index in [0.29, 0.717) is 18.4 Å². The largest absolute Gasteiger partial charge is 0.387 e. The van der Waals surface area contributed by atoms with Crippen LogP contribution in [0.25, 0.3) is 0 Å². The van der Waals surface area contributed by atoms with Crippen molar-refractivity contribution < 1.29 is 14.8 Å². The second kappa shape index (κ2) is 8.05. The first-order chi connectivity index (χ1) is 11.1. The molecule has 2 aromatic carbocycles. The number of carbonyl (C=O) groups excluding carboxylic acids is 1. The molecule has 0 fully saturated rings. The lowest BCUT2D eigenvalue weighted by Crippen LogP contribution is -2.28. The van der Waals surface area contributed by atoms with Gasteiger partial charge in [0.15, 0.2) is 0 Å². The van der Waals surface area contributed by atoms with Gasteiger partial charge in [-0.25, -0.2) is 0 Å². The highest BCUT2D eigenvalue weighted by Crippen LogP contribution is 2.17. The molecule has 0 radical (unpaired) electrons. The van der Waals surface area contributed by atoms with E-state index in [-0.39, 0.29) is 18.1 Å². The van der Waals surface area contributed by atoms with E-state index in [9.17, 15) is 20.0 Å². The van der Waals surface area contributed by atoms with Crippen LogP contribution >= 0.6 is 0 Å². The Labute approximate surface area is 133 Å². The Morgan fingerprint density at radius 3 is 2.39 bits per heavy atom. The van der Waals surface area contributed by atoms with Gasteiger partial charge in [-0.2, -0.15) is 0 Å². The summed E-state index contributed by atoms with van der Waals surface area (Å²) < 4.78 is 0. The maximum absolute atomic E-state index is 11.8. The van der Waals surface area contributed by atoms with Gasteiger partial charge in [-0.1, -0.05) is 30.3 Å². The summed E-state index contributed by atoms with van der Waals surface area (Å²) in [5, 5.41) is 23.2. The number of aryl methyl sites for hydroxylation is 1. The molecule has 23 heavy (non-hydrogen) atoms. The number of hydrogen-bond donors (Lipinski definition) is 2. The Hall–Kier alpha value is -2.73. The number of aliphatic hydroxyl groups excluding tert-OH is 1. The Balaban J connectivity index is 1.78. The second-order valence-corrected chi connectivity index (χ2v) is 5.15. The molecule has 6 nitrogen and oxygen atoms in total. The van der Waals surface area contributed by atoms with Crippen molar-refractivity contribution in [2.75, 3.05) is 6.54 Å². The van der Waals surface area contributed by atoms with Crippen LogP contribution in [0, 0.1) is 10.1 Å². The molecule has 0 bridgehead atoms. The number of nitrogens with one attached hydrogen (secondary N) is 1. The normalized spacial score (nSPS) is 11.7. The molecule has 2 rings (SSSR count). The number of aliphatic hydroxyl groups is 1. The van der Waals surface area contributed by atoms with Gasteiger partial charge in [0, 0.05) is 25.1 Å². The number of non-ortho nitro benzene ring substituents is 1. The SMILES string of the molecule is O=C(CCc1ccccc1)NCC(O)c1ccc([N+](=O)[O-])cc1. The first kappa shape index (κ1) is 16.6. The van der Waals surface area contributed by atoms with Gasteiger partial charge in [-0.3, -0.25) is 14.9 Å². The zero-order valence-electron chi connectivity index (χ0n) is 12.5. The molecular weight excluding hydrogens is 296 g/mol. The summed E-state index contributed by atoms with van der Waals surface area (Å²) in [7, 11) is 0. The quantitative estimate of drug-likeness (QED) is 0.606. The van der Waals surface area contributed by atoms with Crippen LogP contribution in [-0.2, 0) is 11.2 Å². The summed E-state index contributed by atoms with van der Waals surface area (Å²) in [6.45, 7) is 0.0748. The van der Waals surface area contributed by atoms with E-state index in [0.717, 1.165) is 5.56 Å². The lowest BCUT2D eigenvalue weighted by molar-refractivity contribution is -0.384. The number of benzene rings is 2. The Kier molecular flexibility index (Phi) is 5.82. The Morgan fingerprint density at radius 2 is 1.78 bits per heavy atom. The van der Waals surface area contributed by atoms with Crippen LogP contribution in [0.5, 0.6) is 0 Å². The number of amides is 1. The van der Waals surface area contributed by atoms with Gasteiger partial charge in [0.2, 0.25) is 5.91 Å². The topological polar surface area (TPSA) is 92.5 Å². The number of carbonyl (C=O) groups is 1. The van der Waals surface area contributed by atoms with Crippen LogP contribution in [0.1, 0.15) is 23.7 Å². The molecule has 2 N–H and O–H groups in total. The average Bonchev–Trinajstić information content (AvgIpc) is 2.58. The van der Waals surface area contributed by atoms with E-state index >= 15 is 0 Å². The first-order valence-electron chi connectivity index (χ1n) is 7.29. The van der Waals surface area contributed by atoms with Crippen molar-refractivity contribution in [3.63, 3.8) is 0 Å². The molecule has 120 valence electrons. The maximum Gasteiger partial charge on any atom is 0.269 e. The predicted octanol–water partition coefficient (Wildman–Crippen LogP) is 2.38. The maximum atomic E-state index is 11.8. The number of hydrogen-bond acceptors (Lipinski definition) is 4. The molecule has 0 heterocycles. The van der Waals surface area contributed by atoms with Crippen molar-refractivity contribution in [3.8, 4) is 0 Å². The van der Waals surface area contributed by atoms with E-state index < -0.39 is 11.0 Å². The number of nitrogens with zero attached hydrogens (tertiary/aromatic N) is 1. The van der Waals surface area contributed by atoms with Gasteiger partial charge in [-0.05, 0) is 29.7 Å². The van der Waals surface area contributed by atoms with Gasteiger partial charge in [0.25, 0.3) is 5.69 Å². The van der Waals surface area contributed by atoms with E-state index in [4.69, 9.17) is 0 Å². The third-order valence-electron chi connectivity index (χ3n) is 3.46. The van der Waals surface area contributed by atoms with E-state index in [1.54, 1.807) is 0 Å². The third kappa shape index (κ3) is 5.19. The summed E-state index contributed by atoms with van der Waals surface area (Å²) in [6, 6.07) is 15.3. The highest BCUT2D eigenvalue weighted by atomic mass is 16.6. The molecule has 0 aromatic heterocycles. The van der Waals surface area contributed by atoms with Crippen molar-refractivity contribution in [2.24, 2.45) is 0 Å². The Bertz CT molecular complexity index is 656. The monoisotopic (exact) mass is 314 g/mol. The van der Waals surface area contributed by atoms with Crippen molar-refractivity contribution in [2.45, 2.75) is 18.9 Å². The van der Waals surface area contributed by atoms with Crippen LogP contribution in [0.2, 0.25) is 0 Å². The zero-order valence-corrected chi connectivity index (χ0v) is 12.5. The Morgan fingerprint density at radius 1 is 1.13 bits per heavy atom. The molecule has 0 spiro atoms. The number of rotatable bonds is 7. The van der Waals surface area contributed by atoms with Crippen LogP contribution in [0.15, 0.2) is 54.6 Å². The molecule has 0 saturated heterocycles. The van der Waals surface area contributed by atoms with Crippen LogP contribution in [-0.4, -0.2) is 22.5 Å². The van der Waals surface area contributed by atoms with Crippen LogP contribution in [0.3, 0.4) is 0 Å². The summed E-state index contributed by atoms with van der Waals surface area (Å²) >= 11 is 0. The number of nitro benzene ring substituents is 1. The molecule has 2 aromatic rings. The van der Waals surface area contributed by atoms with Crippen LogP contribution < -0.4 is 5.32 Å². The molecular formula is C17H18N2O4. The summed E-state index contributed by atoms with van der Waals surface area (Å²) in [5.74, 6) is -0.144. The molecule has 1 unspecified atom stereocenters. The minimum Gasteiger partial charge on any atom is -0.387 e. The van der Waals surface area contributed by atoms with Gasteiger partial charge >= 0.3 is 0 Å². The van der Waals surface area contributed by atoms with Crippen LogP contribution in [0.4, 0.5) is 5.69 Å². The minimum absolute atomic E-state index is 0.0344. The van der Waals surface area contributed by atoms with Gasteiger partial charge in [0.1, 0.15) is 0 Å². The van der Waals surface area contributed by atoms with Crippen molar-refractivity contribution in [1.29, 1.82) is 0 Å². The van der Waals surface area contributed by atoms with Crippen molar-refractivity contribution >= 4 is 11.6 Å². The highest BCUT2D eigenvalue weighted by molar-refractivity contribution is 5.76. The molecule has 0 aliphatic rings. The highest BCUT2D eigenvalue weighted by Gasteiger charge is 2.11. The molecule has 1 amide bonds. The van der Waals surface area contributed by atoms with Gasteiger partial charge < -0.3 is 10.4 Å². The smallest absolute Gasteiger partial charge is 0.269 e. The second-order valence-electron chi connectivity index (χ2n) is 5.15. The molecule has 6 heteroatoms. The minimum atomic E-state index is -0.892. The fourth-order valence-electron chi connectivity index (χ4n) is 2.14. The standard InChI is InChI=1S/C17H18N2O4/c20-16(14-7-9-15(10-8-14)19(22)23)12-18-17(21)11-6-13-4-2-1-3-5-13/h1-5,7-10,16,20H,6,11-12H2,(H,18,21).